The van der Waals surface area contributed by atoms with Crippen molar-refractivity contribution in [3.63, 3.8) is 0 Å². The first-order valence-electron chi connectivity index (χ1n) is 5.55. The van der Waals surface area contributed by atoms with E-state index >= 15 is 0 Å². The lowest BCUT2D eigenvalue weighted by Gasteiger charge is -2.30. The van der Waals surface area contributed by atoms with E-state index in [1.54, 1.807) is 0 Å². The Kier molecular flexibility index (Phi) is 3.81. The van der Waals surface area contributed by atoms with Crippen molar-refractivity contribution in [2.75, 3.05) is 18.4 Å². The number of nitrogens with zero attached hydrogens (tertiary/aromatic N) is 3. The van der Waals surface area contributed by atoms with Crippen LogP contribution in [-0.2, 0) is 13.6 Å². The zero-order valence-corrected chi connectivity index (χ0v) is 10.8. The molecule has 0 aromatic carbocycles. The van der Waals surface area contributed by atoms with Crippen LogP contribution in [0.25, 0.3) is 0 Å². The van der Waals surface area contributed by atoms with Crippen LogP contribution in [0.15, 0.2) is 12.3 Å². The third kappa shape index (κ3) is 3.05. The molecule has 1 saturated heterocycles. The molecule has 0 atom stereocenters. The molecule has 0 radical (unpaired) electrons. The molecular formula is C11H18BrN3. The molecule has 2 heterocycles. The van der Waals surface area contributed by atoms with Crippen LogP contribution in [0, 0.1) is 5.92 Å². The Morgan fingerprint density at radius 3 is 2.73 bits per heavy atom. The summed E-state index contributed by atoms with van der Waals surface area (Å²) in [5.74, 6) is 0.880. The molecule has 0 unspecified atom stereocenters. The van der Waals surface area contributed by atoms with Gasteiger partial charge in [-0.05, 0) is 37.9 Å². The van der Waals surface area contributed by atoms with Gasteiger partial charge in [0.25, 0.3) is 0 Å². The highest BCUT2D eigenvalue weighted by Gasteiger charge is 2.18. The lowest BCUT2D eigenvalue weighted by molar-refractivity contribution is 0.185. The molecule has 1 fully saturated rings. The fourth-order valence-electron chi connectivity index (χ4n) is 2.08. The summed E-state index contributed by atoms with van der Waals surface area (Å²) in [5, 5.41) is 5.57. The summed E-state index contributed by atoms with van der Waals surface area (Å²) < 4.78 is 1.88. The van der Waals surface area contributed by atoms with E-state index in [1.807, 2.05) is 17.9 Å². The van der Waals surface area contributed by atoms with Gasteiger partial charge in [0.05, 0.1) is 5.69 Å². The molecular weight excluding hydrogens is 254 g/mol. The van der Waals surface area contributed by atoms with Gasteiger partial charge in [-0.15, -0.1) is 0 Å². The van der Waals surface area contributed by atoms with E-state index in [1.165, 1.54) is 31.6 Å². The highest BCUT2D eigenvalue weighted by Crippen LogP contribution is 2.19. The normalized spacial score (nSPS) is 19.6. The average Bonchev–Trinajstić information content (AvgIpc) is 2.65. The van der Waals surface area contributed by atoms with Gasteiger partial charge in [0.1, 0.15) is 0 Å². The number of halogens is 1. The summed E-state index contributed by atoms with van der Waals surface area (Å²) in [6.07, 6.45) is 4.65. The van der Waals surface area contributed by atoms with Gasteiger partial charge in [-0.25, -0.2) is 0 Å². The third-order valence-corrected chi connectivity index (χ3v) is 4.00. The molecule has 1 aliphatic heterocycles. The first-order valence-corrected chi connectivity index (χ1v) is 6.67. The maximum atomic E-state index is 4.41. The molecule has 0 aliphatic carbocycles. The van der Waals surface area contributed by atoms with Crippen LogP contribution in [0.3, 0.4) is 0 Å². The third-order valence-electron chi connectivity index (χ3n) is 3.08. The van der Waals surface area contributed by atoms with Gasteiger partial charge in [-0.2, -0.15) is 5.10 Å². The van der Waals surface area contributed by atoms with Gasteiger partial charge in [0.15, 0.2) is 0 Å². The number of aryl methyl sites for hydroxylation is 1. The van der Waals surface area contributed by atoms with E-state index in [-0.39, 0.29) is 0 Å². The second-order valence-corrected chi connectivity index (χ2v) is 5.00. The molecule has 15 heavy (non-hydrogen) atoms. The summed E-state index contributed by atoms with van der Waals surface area (Å²) in [5.41, 5.74) is 1.19. The Morgan fingerprint density at radius 2 is 2.20 bits per heavy atom. The van der Waals surface area contributed by atoms with Crippen molar-refractivity contribution in [1.29, 1.82) is 0 Å². The molecule has 0 bridgehead atoms. The molecule has 1 aromatic heterocycles. The molecule has 84 valence electrons. The molecule has 0 N–H and O–H groups in total. The van der Waals surface area contributed by atoms with E-state index in [0.717, 1.165) is 17.8 Å². The fraction of sp³-hybridized carbons (Fsp3) is 0.727. The van der Waals surface area contributed by atoms with Gasteiger partial charge in [-0.1, -0.05) is 15.9 Å². The second-order valence-electron chi connectivity index (χ2n) is 4.35. The van der Waals surface area contributed by atoms with Crippen LogP contribution in [0.1, 0.15) is 18.5 Å². The lowest BCUT2D eigenvalue weighted by Crippen LogP contribution is -2.33. The molecule has 1 aromatic rings. The van der Waals surface area contributed by atoms with Gasteiger partial charge >= 0.3 is 0 Å². The van der Waals surface area contributed by atoms with Gasteiger partial charge in [0, 0.05) is 25.1 Å². The molecule has 0 saturated carbocycles. The standard InChI is InChI=1S/C11H18BrN3/c1-14-5-4-11(13-14)9-15-6-2-10(8-12)3-7-15/h4-5,10H,2-3,6-9H2,1H3. The van der Waals surface area contributed by atoms with Crippen molar-refractivity contribution in [2.24, 2.45) is 13.0 Å². The zero-order chi connectivity index (χ0) is 10.7. The average molecular weight is 272 g/mol. The summed E-state index contributed by atoms with van der Waals surface area (Å²) in [6, 6.07) is 2.11. The molecule has 3 nitrogen and oxygen atoms in total. The van der Waals surface area contributed by atoms with Crippen LogP contribution in [-0.4, -0.2) is 33.1 Å². The predicted octanol–water partition coefficient (Wildman–Crippen LogP) is 2.03. The Morgan fingerprint density at radius 1 is 1.47 bits per heavy atom. The van der Waals surface area contributed by atoms with Crippen LogP contribution >= 0.6 is 15.9 Å². The Labute approximate surface area is 99.6 Å². The van der Waals surface area contributed by atoms with Crippen molar-refractivity contribution in [1.82, 2.24) is 14.7 Å². The number of piperidine rings is 1. The minimum absolute atomic E-state index is 0.880. The van der Waals surface area contributed by atoms with Crippen molar-refractivity contribution in [3.8, 4) is 0 Å². The minimum atomic E-state index is 0.880. The Bertz CT molecular complexity index is 303. The van der Waals surface area contributed by atoms with E-state index in [9.17, 15) is 0 Å². The van der Waals surface area contributed by atoms with Gasteiger partial charge < -0.3 is 0 Å². The number of aromatic nitrogens is 2. The number of likely N-dealkylation sites (tertiary alicyclic amines) is 1. The first kappa shape index (κ1) is 11.1. The topological polar surface area (TPSA) is 21.1 Å². The Hall–Kier alpha value is -0.350. The summed E-state index contributed by atoms with van der Waals surface area (Å²) in [6.45, 7) is 3.44. The zero-order valence-electron chi connectivity index (χ0n) is 9.19. The molecule has 0 spiro atoms. The van der Waals surface area contributed by atoms with E-state index in [0.29, 0.717) is 0 Å². The first-order chi connectivity index (χ1) is 7.28. The molecule has 2 rings (SSSR count). The summed E-state index contributed by atoms with van der Waals surface area (Å²) >= 11 is 3.57. The second kappa shape index (κ2) is 5.12. The van der Waals surface area contributed by atoms with Crippen LogP contribution < -0.4 is 0 Å². The van der Waals surface area contributed by atoms with Crippen LogP contribution in [0.2, 0.25) is 0 Å². The van der Waals surface area contributed by atoms with E-state index in [2.05, 4.69) is 32.0 Å². The largest absolute Gasteiger partial charge is 0.297 e. The smallest absolute Gasteiger partial charge is 0.0764 e. The highest BCUT2D eigenvalue weighted by atomic mass is 79.9. The quantitative estimate of drug-likeness (QED) is 0.785. The van der Waals surface area contributed by atoms with Crippen LogP contribution in [0.4, 0.5) is 0 Å². The Balaban J connectivity index is 1.82. The number of hydrogen-bond acceptors (Lipinski definition) is 2. The van der Waals surface area contributed by atoms with E-state index in [4.69, 9.17) is 0 Å². The summed E-state index contributed by atoms with van der Waals surface area (Å²) in [4.78, 5) is 2.50. The van der Waals surface area contributed by atoms with Crippen LogP contribution in [0.5, 0.6) is 0 Å². The molecule has 4 heteroatoms. The lowest BCUT2D eigenvalue weighted by atomic mass is 9.99. The van der Waals surface area contributed by atoms with Gasteiger partial charge in [-0.3, -0.25) is 9.58 Å². The number of hydrogen-bond donors (Lipinski definition) is 0. The maximum absolute atomic E-state index is 4.41. The SMILES string of the molecule is Cn1ccc(CN2CCC(CBr)CC2)n1. The molecule has 0 amide bonds. The fourth-order valence-corrected chi connectivity index (χ4v) is 2.72. The van der Waals surface area contributed by atoms with Crippen molar-refractivity contribution in [2.45, 2.75) is 19.4 Å². The van der Waals surface area contributed by atoms with Crippen molar-refractivity contribution >= 4 is 15.9 Å². The molecule has 1 aliphatic rings. The van der Waals surface area contributed by atoms with Crippen molar-refractivity contribution < 1.29 is 0 Å². The predicted molar refractivity (Wildman–Crippen MR) is 65.0 cm³/mol. The maximum Gasteiger partial charge on any atom is 0.0764 e. The number of rotatable bonds is 3. The van der Waals surface area contributed by atoms with E-state index < -0.39 is 0 Å². The monoisotopic (exact) mass is 271 g/mol. The van der Waals surface area contributed by atoms with Gasteiger partial charge in [0.2, 0.25) is 0 Å². The summed E-state index contributed by atoms with van der Waals surface area (Å²) in [7, 11) is 1.97. The minimum Gasteiger partial charge on any atom is -0.297 e. The van der Waals surface area contributed by atoms with Crippen molar-refractivity contribution in [3.05, 3.63) is 18.0 Å². The highest BCUT2D eigenvalue weighted by molar-refractivity contribution is 9.09. The number of alkyl halides is 1.